The molecule has 4 heterocycles. The number of alkyl halides is 9. The highest BCUT2D eigenvalue weighted by Gasteiger charge is 2.71. The molecule has 0 unspecified atom stereocenters. The Morgan fingerprint density at radius 1 is 0.963 bits per heavy atom. The molecule has 1 amide bonds. The molecule has 2 fully saturated rings. The third kappa shape index (κ3) is 7.74. The lowest BCUT2D eigenvalue weighted by Crippen LogP contribution is -2.57. The van der Waals surface area contributed by atoms with Gasteiger partial charge in [0.05, 0.1) is 16.9 Å². The average Bonchev–Trinajstić information content (AvgIpc) is 3.66. The van der Waals surface area contributed by atoms with Crippen LogP contribution in [0.4, 0.5) is 56.1 Å². The number of amides is 1. The molecule has 294 valence electrons. The van der Waals surface area contributed by atoms with E-state index in [1.54, 1.807) is 4.90 Å². The van der Waals surface area contributed by atoms with Gasteiger partial charge in [-0.3, -0.25) is 4.90 Å². The van der Waals surface area contributed by atoms with Gasteiger partial charge >= 0.3 is 36.6 Å². The lowest BCUT2D eigenvalue weighted by atomic mass is 9.76. The van der Waals surface area contributed by atoms with Gasteiger partial charge in [0, 0.05) is 37.5 Å². The predicted octanol–water partition coefficient (Wildman–Crippen LogP) is 5.70. The van der Waals surface area contributed by atoms with Gasteiger partial charge in [0.2, 0.25) is 17.9 Å². The first kappa shape index (κ1) is 39.7. The van der Waals surface area contributed by atoms with Gasteiger partial charge in [-0.2, -0.15) is 54.6 Å². The van der Waals surface area contributed by atoms with E-state index >= 15 is 0 Å². The van der Waals surface area contributed by atoms with Crippen molar-refractivity contribution in [2.75, 3.05) is 30.3 Å². The molecule has 2 atom stereocenters. The largest absolute Gasteiger partial charge is 0.480 e. The molecule has 0 aliphatic carbocycles. The van der Waals surface area contributed by atoms with Crippen molar-refractivity contribution in [2.24, 2.45) is 5.41 Å². The van der Waals surface area contributed by atoms with E-state index in [0.29, 0.717) is 31.0 Å². The van der Waals surface area contributed by atoms with Crippen molar-refractivity contribution in [1.29, 1.82) is 0 Å². The molecule has 2 aromatic heterocycles. The van der Waals surface area contributed by atoms with Crippen molar-refractivity contribution in [1.82, 2.24) is 24.6 Å². The van der Waals surface area contributed by atoms with E-state index in [9.17, 15) is 64.1 Å². The molecule has 5 rings (SSSR count). The van der Waals surface area contributed by atoms with Crippen LogP contribution >= 0.6 is 0 Å². The number of benzene rings is 1. The van der Waals surface area contributed by atoms with Crippen molar-refractivity contribution >= 4 is 29.8 Å². The van der Waals surface area contributed by atoms with Crippen LogP contribution in [0.15, 0.2) is 36.5 Å². The zero-order valence-corrected chi connectivity index (χ0v) is 28.0. The first-order chi connectivity index (χ1) is 24.8. The van der Waals surface area contributed by atoms with Gasteiger partial charge in [0.25, 0.3) is 5.60 Å². The number of carboxylic acids is 1. The molecule has 54 heavy (non-hydrogen) atoms. The first-order valence-corrected chi connectivity index (χ1v) is 15.7. The molecule has 14 nitrogen and oxygen atoms in total. The van der Waals surface area contributed by atoms with E-state index in [1.165, 1.54) is 13.0 Å². The number of nitrogen functional groups attached to an aromatic ring is 1. The maximum Gasteiger partial charge on any atom is 0.437 e. The van der Waals surface area contributed by atoms with E-state index in [-0.39, 0.29) is 37.6 Å². The number of halogens is 9. The summed E-state index contributed by atoms with van der Waals surface area (Å²) in [6.07, 6.45) is -20.1. The molecule has 0 radical (unpaired) electrons. The van der Waals surface area contributed by atoms with Gasteiger partial charge < -0.3 is 30.3 Å². The second kappa shape index (κ2) is 13.7. The number of anilines is 2. The summed E-state index contributed by atoms with van der Waals surface area (Å²) < 4.78 is 135. The number of carboxylic acid groups (broad SMARTS) is 2. The minimum Gasteiger partial charge on any atom is -0.480 e. The molecule has 3 aromatic rings. The summed E-state index contributed by atoms with van der Waals surface area (Å²) >= 11 is 0. The fourth-order valence-corrected chi connectivity index (χ4v) is 6.29. The Bertz CT molecular complexity index is 1890. The van der Waals surface area contributed by atoms with Crippen LogP contribution in [0.5, 0.6) is 5.88 Å². The quantitative estimate of drug-likeness (QED) is 0.187. The Kier molecular flexibility index (Phi) is 10.1. The number of nitrogens with two attached hydrogens (primary N) is 1. The third-order valence-corrected chi connectivity index (χ3v) is 9.33. The second-order valence-electron chi connectivity index (χ2n) is 13.0. The van der Waals surface area contributed by atoms with E-state index < -0.39 is 95.3 Å². The number of piperidine rings is 1. The predicted molar refractivity (Wildman–Crippen MR) is 165 cm³/mol. The van der Waals surface area contributed by atoms with Crippen LogP contribution in [0, 0.1) is 12.3 Å². The molecule has 2 aliphatic heterocycles. The van der Waals surface area contributed by atoms with Gasteiger partial charge in [0.15, 0.2) is 0 Å². The molecule has 1 aromatic carbocycles. The number of carbonyl (C=O) groups is 3. The van der Waals surface area contributed by atoms with Crippen LogP contribution in [0.25, 0.3) is 5.69 Å². The number of aromatic nitrogens is 4. The molecular formula is C31H30F9N7O7. The lowest BCUT2D eigenvalue weighted by Gasteiger charge is -2.39. The standard InChI is InChI=1S/C31H30F9N7O7/c1-15-5-8-47(44-15)18-11-16(24(50)54-27(2,30(35,36)37)31(38,39)40)3-4-17(18)22(29(32,33)34)53-21-12-20(42-25(41)43-21)45-9-6-28(7-10-45)13-19(23(48)49)46(14-28)26(51)52/h3-5,8,11-12,19,22H,6-7,9-10,13-14H2,1-2H3,(H,48,49)(H,51,52)(H2,41,42,43)/t19-,22+/m0/s1. The zero-order valence-electron chi connectivity index (χ0n) is 28.0. The SMILES string of the molecule is Cc1ccn(-c2cc(C(=O)OC(C)(C(F)(F)F)C(F)(F)F)ccc2[C@@H](Oc2cc(N3CCC4(CC3)C[C@@H](C(=O)O)N(C(=O)O)C4)nc(N)n2)C(F)(F)F)n1. The van der Waals surface area contributed by atoms with Crippen molar-refractivity contribution < 1.29 is 73.6 Å². The summed E-state index contributed by atoms with van der Waals surface area (Å²) in [6.45, 7) is 1.31. The Balaban J connectivity index is 1.45. The number of esters is 1. The first-order valence-electron chi connectivity index (χ1n) is 15.7. The van der Waals surface area contributed by atoms with Crippen molar-refractivity contribution in [3.8, 4) is 11.6 Å². The van der Waals surface area contributed by atoms with Crippen molar-refractivity contribution in [3.63, 3.8) is 0 Å². The maximum absolute atomic E-state index is 14.8. The lowest BCUT2D eigenvalue weighted by molar-refractivity contribution is -0.358. The van der Waals surface area contributed by atoms with Gasteiger partial charge in [-0.1, -0.05) is 6.07 Å². The molecule has 0 bridgehead atoms. The Morgan fingerprint density at radius 3 is 2.09 bits per heavy atom. The fourth-order valence-electron chi connectivity index (χ4n) is 6.29. The van der Waals surface area contributed by atoms with E-state index in [0.717, 1.165) is 21.8 Å². The number of ether oxygens (including phenoxy) is 2. The van der Waals surface area contributed by atoms with E-state index in [2.05, 4.69) is 19.8 Å². The molecule has 0 saturated carbocycles. The molecule has 23 heteroatoms. The Hall–Kier alpha value is -5.51. The summed E-state index contributed by atoms with van der Waals surface area (Å²) in [4.78, 5) is 46.3. The highest BCUT2D eigenvalue weighted by atomic mass is 19.4. The van der Waals surface area contributed by atoms with Crippen LogP contribution in [0.2, 0.25) is 0 Å². The number of rotatable bonds is 8. The smallest absolute Gasteiger partial charge is 0.437 e. The minimum absolute atomic E-state index is 0.00884. The summed E-state index contributed by atoms with van der Waals surface area (Å²) in [5.74, 6) is -4.68. The van der Waals surface area contributed by atoms with E-state index in [4.69, 9.17) is 10.5 Å². The van der Waals surface area contributed by atoms with E-state index in [1.807, 2.05) is 0 Å². The summed E-state index contributed by atoms with van der Waals surface area (Å²) in [7, 11) is 0. The van der Waals surface area contributed by atoms with Gasteiger partial charge in [-0.25, -0.2) is 19.1 Å². The Labute approximate surface area is 298 Å². The number of aryl methyl sites for hydroxylation is 1. The third-order valence-electron chi connectivity index (χ3n) is 9.33. The van der Waals surface area contributed by atoms with Crippen molar-refractivity contribution in [3.05, 3.63) is 53.3 Å². The number of carbonyl (C=O) groups excluding carboxylic acids is 1. The minimum atomic E-state index is -6.12. The normalized spacial score (nSPS) is 18.5. The summed E-state index contributed by atoms with van der Waals surface area (Å²) in [6, 6.07) is 2.78. The molecule has 4 N–H and O–H groups in total. The zero-order chi connectivity index (χ0) is 40.2. The van der Waals surface area contributed by atoms with Crippen LogP contribution in [0.3, 0.4) is 0 Å². The molecular weight excluding hydrogens is 753 g/mol. The maximum atomic E-state index is 14.8. The second-order valence-corrected chi connectivity index (χ2v) is 13.0. The molecule has 2 aliphatic rings. The number of likely N-dealkylation sites (tertiary alicyclic amines) is 1. The van der Waals surface area contributed by atoms with Gasteiger partial charge in [-0.15, -0.1) is 0 Å². The molecule has 2 saturated heterocycles. The molecule has 1 spiro atoms. The van der Waals surface area contributed by atoms with Crippen LogP contribution in [-0.4, -0.2) is 103 Å². The summed E-state index contributed by atoms with van der Waals surface area (Å²) in [5.41, 5.74) is -2.01. The van der Waals surface area contributed by atoms with Crippen molar-refractivity contribution in [2.45, 2.75) is 69.4 Å². The van der Waals surface area contributed by atoms with Gasteiger partial charge in [-0.05, 0) is 56.7 Å². The van der Waals surface area contributed by atoms with Crippen LogP contribution < -0.4 is 15.4 Å². The highest BCUT2D eigenvalue weighted by molar-refractivity contribution is 5.90. The van der Waals surface area contributed by atoms with Crippen LogP contribution in [0.1, 0.15) is 53.9 Å². The monoisotopic (exact) mass is 783 g/mol. The van der Waals surface area contributed by atoms with Crippen LogP contribution in [-0.2, 0) is 9.53 Å². The number of hydrogen-bond acceptors (Lipinski definition) is 10. The number of aliphatic carboxylic acids is 1. The highest BCUT2D eigenvalue weighted by Crippen LogP contribution is 2.47. The summed E-state index contributed by atoms with van der Waals surface area (Å²) in [5, 5.41) is 23.0. The number of hydrogen-bond donors (Lipinski definition) is 3. The average molecular weight is 784 g/mol. The topological polar surface area (TPSA) is 186 Å². The fraction of sp³-hybridized carbons (Fsp3) is 0.484. The van der Waals surface area contributed by atoms with Gasteiger partial charge in [0.1, 0.15) is 11.9 Å². The number of nitrogens with zero attached hydrogens (tertiary/aromatic N) is 6. The Morgan fingerprint density at radius 2 is 1.59 bits per heavy atom.